The number of rotatable bonds is 0. The molecule has 15 heteroatoms. The van der Waals surface area contributed by atoms with Crippen LogP contribution in [-0.4, -0.2) is 161 Å². The van der Waals surface area contributed by atoms with Gasteiger partial charge in [0, 0.05) is 0 Å². The average Bonchev–Trinajstić information content (AvgIpc) is 1.54. The van der Waals surface area contributed by atoms with Crippen molar-refractivity contribution in [2.75, 3.05) is 0 Å². The van der Waals surface area contributed by atoms with Gasteiger partial charge in [0.1, 0.15) is 0 Å². The second-order valence-electron chi connectivity index (χ2n) is 0.744. The molecule has 0 bridgehead atoms. The molecule has 6 N–H and O–H groups in total. The Hall–Kier alpha value is 3.41. The van der Waals surface area contributed by atoms with Crippen LogP contribution in [0.15, 0.2) is 0 Å². The van der Waals surface area contributed by atoms with Gasteiger partial charge in [-0.15, -0.1) is 0 Å². The minimum absolute atomic E-state index is 0. The van der Waals surface area contributed by atoms with Crippen molar-refractivity contribution >= 4 is 147 Å². The van der Waals surface area contributed by atoms with Gasteiger partial charge >= 0.3 is 124 Å². The average molecular weight is 322 g/mol. The molecule has 0 radical (unpaired) electrons. The van der Waals surface area contributed by atoms with E-state index in [2.05, 4.69) is 0 Å². The molecule has 0 aliphatic carbocycles. The predicted molar refractivity (Wildman–Crippen MR) is 66.0 cm³/mol. The van der Waals surface area contributed by atoms with Gasteiger partial charge in [-0.05, 0) is 0 Å². The summed E-state index contributed by atoms with van der Waals surface area (Å²) in [7, 11) is 0. The van der Waals surface area contributed by atoms with Crippen molar-refractivity contribution < 1.29 is 41.6 Å². The summed E-state index contributed by atoms with van der Waals surface area (Å²) in [6, 6.07) is 0. The quantitative estimate of drug-likeness (QED) is 0.200. The fourth-order valence-electron chi connectivity index (χ4n) is 0. The van der Waals surface area contributed by atoms with E-state index in [-0.39, 0.29) is 118 Å². The Kier molecular flexibility index (Phi) is 96.7. The van der Waals surface area contributed by atoms with Gasteiger partial charge < -0.3 is 10.2 Å². The Morgan fingerprint density at radius 2 is 0.688 bits per heavy atom. The van der Waals surface area contributed by atoms with Crippen LogP contribution in [0.5, 0.6) is 0 Å². The van der Waals surface area contributed by atoms with Gasteiger partial charge in [-0.25, -0.2) is 4.79 Å². The van der Waals surface area contributed by atoms with Crippen LogP contribution in [0.4, 0.5) is 4.79 Å². The summed E-state index contributed by atoms with van der Waals surface area (Å²) in [5.41, 5.74) is 0. The molecule has 9 nitrogen and oxygen atoms in total. The summed E-state index contributed by atoms with van der Waals surface area (Å²) in [6.45, 7) is 0. The number of hydrogen-bond acceptors (Lipinski definition) is 3. The molecule has 0 spiro atoms. The van der Waals surface area contributed by atoms with E-state index >= 15 is 0 Å². The molecule has 16 heavy (non-hydrogen) atoms. The third-order valence-corrected chi connectivity index (χ3v) is 0. The van der Waals surface area contributed by atoms with Crippen molar-refractivity contribution in [1.29, 1.82) is 0 Å². The Bertz CT molecular complexity index is 123. The number of carbonyl (C=O) groups is 1. The first kappa shape index (κ1) is 42.7. The van der Waals surface area contributed by atoms with Crippen LogP contribution >= 0.6 is 0 Å². The van der Waals surface area contributed by atoms with E-state index in [4.69, 9.17) is 41.6 Å². The Morgan fingerprint density at radius 3 is 0.688 bits per heavy atom. The topological polar surface area (TPSA) is 173 Å². The second-order valence-corrected chi connectivity index (χ2v) is 1.67. The zero-order valence-electron chi connectivity index (χ0n) is 5.22. The SMILES string of the molecule is O=C(O)O.O=S(O)O.O=S(O)O.[NaH].[NaH].[NaH].[NaH]. The van der Waals surface area contributed by atoms with Crippen molar-refractivity contribution in [3.8, 4) is 0 Å². The maximum absolute atomic E-state index is 8.67. The molecule has 0 heterocycles. The van der Waals surface area contributed by atoms with Gasteiger partial charge in [0.2, 0.25) is 0 Å². The van der Waals surface area contributed by atoms with Crippen LogP contribution in [0.1, 0.15) is 0 Å². The van der Waals surface area contributed by atoms with Crippen molar-refractivity contribution in [3.63, 3.8) is 0 Å². The molecule has 0 unspecified atom stereocenters. The van der Waals surface area contributed by atoms with Crippen LogP contribution in [0.25, 0.3) is 0 Å². The van der Waals surface area contributed by atoms with E-state index < -0.39 is 28.9 Å². The molecule has 0 aromatic heterocycles. The van der Waals surface area contributed by atoms with Crippen LogP contribution < -0.4 is 0 Å². The molecule has 0 rings (SSSR count). The van der Waals surface area contributed by atoms with Gasteiger partial charge in [0.05, 0.1) is 0 Å². The molecule has 0 aromatic carbocycles. The fourth-order valence-corrected chi connectivity index (χ4v) is 0. The van der Waals surface area contributed by atoms with Crippen molar-refractivity contribution in [3.05, 3.63) is 0 Å². The Morgan fingerprint density at radius 1 is 0.688 bits per heavy atom. The van der Waals surface area contributed by atoms with E-state index in [0.29, 0.717) is 0 Å². The molecule has 0 amide bonds. The van der Waals surface area contributed by atoms with Gasteiger partial charge in [-0.2, -0.15) is 8.42 Å². The summed E-state index contributed by atoms with van der Waals surface area (Å²) in [6.07, 6.45) is -1.83. The van der Waals surface area contributed by atoms with Gasteiger partial charge in [0.15, 0.2) is 0 Å². The predicted octanol–water partition coefficient (Wildman–Crippen LogP) is -3.01. The van der Waals surface area contributed by atoms with Crippen LogP contribution in [0.2, 0.25) is 0 Å². The molecule has 0 aliphatic heterocycles. The first-order chi connectivity index (χ1) is 5.20. The first-order valence-corrected chi connectivity index (χ1v) is 3.84. The summed E-state index contributed by atoms with van der Waals surface area (Å²) in [4.78, 5) is 8.56. The van der Waals surface area contributed by atoms with E-state index in [1.54, 1.807) is 0 Å². The molecule has 0 aromatic rings. The summed E-state index contributed by atoms with van der Waals surface area (Å²) < 4.78 is 45.7. The molecule has 84 valence electrons. The molecular weight excluding hydrogens is 312 g/mol. The number of hydrogen-bond donors (Lipinski definition) is 6. The van der Waals surface area contributed by atoms with Crippen molar-refractivity contribution in [1.82, 2.24) is 0 Å². The van der Waals surface area contributed by atoms with Crippen molar-refractivity contribution in [2.45, 2.75) is 0 Å². The van der Waals surface area contributed by atoms with Crippen LogP contribution in [0, 0.1) is 0 Å². The summed E-state index contributed by atoms with van der Waals surface area (Å²) in [5.74, 6) is 0. The van der Waals surface area contributed by atoms with E-state index in [0.717, 1.165) is 0 Å². The van der Waals surface area contributed by atoms with Crippen molar-refractivity contribution in [2.24, 2.45) is 0 Å². The van der Waals surface area contributed by atoms with E-state index in [1.807, 2.05) is 0 Å². The van der Waals surface area contributed by atoms with Gasteiger partial charge in [0.25, 0.3) is 22.7 Å². The van der Waals surface area contributed by atoms with Crippen LogP contribution in [-0.2, 0) is 22.7 Å². The fraction of sp³-hybridized carbons (Fsp3) is 0. The van der Waals surface area contributed by atoms with E-state index in [1.165, 1.54) is 0 Å². The van der Waals surface area contributed by atoms with Gasteiger partial charge in [-0.1, -0.05) is 0 Å². The maximum atomic E-state index is 8.67. The first-order valence-electron chi connectivity index (χ1n) is 1.71. The van der Waals surface area contributed by atoms with Crippen LogP contribution in [0.3, 0.4) is 0 Å². The molecular formula is CH10Na4O9S2. The molecule has 0 aliphatic rings. The monoisotopic (exact) mass is 322 g/mol. The number of carboxylic acid groups (broad SMARTS) is 2. The Labute approximate surface area is 185 Å². The molecule has 0 fully saturated rings. The summed E-state index contributed by atoms with van der Waals surface area (Å²) in [5, 5.41) is 13.9. The molecule has 0 atom stereocenters. The summed E-state index contributed by atoms with van der Waals surface area (Å²) >= 11 is -5.22. The third kappa shape index (κ3) is 403. The zero-order valence-corrected chi connectivity index (χ0v) is 6.86. The zero-order chi connectivity index (χ0) is 10.7. The molecule has 0 saturated heterocycles. The standard InChI is InChI=1S/CH2O3.4Na.2H2O3S.4H/c2-1(3)4;;;;;2*1-4(2)3;;;;/h(H2,2,3,4);;;;;2*(H2,1,2,3);;;;. The Balaban J connectivity index is -0.0000000135. The van der Waals surface area contributed by atoms with E-state index in [9.17, 15) is 0 Å². The normalized spacial score (nSPS) is 5.88. The minimum atomic E-state index is -2.61. The van der Waals surface area contributed by atoms with Gasteiger partial charge in [-0.3, -0.25) is 18.2 Å². The third-order valence-electron chi connectivity index (χ3n) is 0. The second kappa shape index (κ2) is 36.2. The molecule has 0 saturated carbocycles.